The van der Waals surface area contributed by atoms with Crippen molar-refractivity contribution in [3.63, 3.8) is 0 Å². The molecule has 1 amide bonds. The summed E-state index contributed by atoms with van der Waals surface area (Å²) in [5, 5.41) is 18.1. The summed E-state index contributed by atoms with van der Waals surface area (Å²) < 4.78 is 4.87. The van der Waals surface area contributed by atoms with E-state index in [1.54, 1.807) is 0 Å². The van der Waals surface area contributed by atoms with Crippen LogP contribution >= 0.6 is 0 Å². The van der Waals surface area contributed by atoms with Crippen LogP contribution in [-0.4, -0.2) is 60.4 Å². The summed E-state index contributed by atoms with van der Waals surface area (Å²) >= 11 is 0. The normalized spacial score (nSPS) is 17.3. The van der Waals surface area contributed by atoms with E-state index >= 15 is 0 Å². The number of aliphatic hydroxyl groups is 1. The fourth-order valence-corrected chi connectivity index (χ4v) is 1.99. The number of carboxylic acids is 1. The summed E-state index contributed by atoms with van der Waals surface area (Å²) in [6.45, 7) is 0.620. The van der Waals surface area contributed by atoms with Crippen LogP contribution in [0.25, 0.3) is 0 Å². The summed E-state index contributed by atoms with van der Waals surface area (Å²) in [6, 6.07) is 0. The molecule has 1 rings (SSSR count). The second-order valence-electron chi connectivity index (χ2n) is 4.25. The van der Waals surface area contributed by atoms with Crippen molar-refractivity contribution in [2.45, 2.75) is 19.3 Å². The molecule has 98 valence electrons. The van der Waals surface area contributed by atoms with E-state index < -0.39 is 17.3 Å². The van der Waals surface area contributed by atoms with Crippen molar-refractivity contribution in [1.29, 1.82) is 0 Å². The quantitative estimate of drug-likeness (QED) is 0.602. The molecule has 0 aromatic carbocycles. The third kappa shape index (κ3) is 2.76. The highest BCUT2D eigenvalue weighted by Gasteiger charge is 2.52. The van der Waals surface area contributed by atoms with Crippen molar-refractivity contribution in [1.82, 2.24) is 4.90 Å². The maximum absolute atomic E-state index is 12.2. The first kappa shape index (κ1) is 13.9. The van der Waals surface area contributed by atoms with Crippen LogP contribution in [0.5, 0.6) is 0 Å². The second kappa shape index (κ2) is 5.97. The van der Waals surface area contributed by atoms with Crippen molar-refractivity contribution >= 4 is 11.9 Å². The number of amides is 1. The van der Waals surface area contributed by atoms with Crippen molar-refractivity contribution < 1.29 is 24.5 Å². The zero-order valence-corrected chi connectivity index (χ0v) is 10.0. The number of hydrogen-bond donors (Lipinski definition) is 2. The molecule has 0 unspecified atom stereocenters. The van der Waals surface area contributed by atoms with Crippen molar-refractivity contribution in [2.75, 3.05) is 33.4 Å². The van der Waals surface area contributed by atoms with Crippen LogP contribution in [0, 0.1) is 5.41 Å². The third-order valence-electron chi connectivity index (χ3n) is 3.25. The Balaban J connectivity index is 2.71. The Hall–Kier alpha value is -1.14. The van der Waals surface area contributed by atoms with E-state index in [9.17, 15) is 9.59 Å². The van der Waals surface area contributed by atoms with E-state index in [1.807, 2.05) is 0 Å². The predicted octanol–water partition coefficient (Wildman–Crippen LogP) is -0.291. The Morgan fingerprint density at radius 2 is 2.00 bits per heavy atom. The first-order chi connectivity index (χ1) is 8.08. The Bertz CT molecular complexity index is 288. The van der Waals surface area contributed by atoms with Crippen LogP contribution in [0.3, 0.4) is 0 Å². The molecule has 6 nitrogen and oxygen atoms in total. The number of carbonyl (C=O) groups is 2. The van der Waals surface area contributed by atoms with Gasteiger partial charge in [0.05, 0.1) is 13.2 Å². The lowest BCUT2D eigenvalue weighted by Crippen LogP contribution is -2.53. The number of nitrogens with zero attached hydrogens (tertiary/aromatic N) is 1. The number of carboxylic acid groups (broad SMARTS) is 1. The third-order valence-corrected chi connectivity index (χ3v) is 3.25. The van der Waals surface area contributed by atoms with Crippen LogP contribution in [-0.2, 0) is 14.3 Å². The topological polar surface area (TPSA) is 87.1 Å². The number of ether oxygens (including phenoxy) is 1. The Morgan fingerprint density at radius 1 is 1.35 bits per heavy atom. The predicted molar refractivity (Wildman–Crippen MR) is 59.5 cm³/mol. The van der Waals surface area contributed by atoms with Gasteiger partial charge in [0.1, 0.15) is 5.41 Å². The van der Waals surface area contributed by atoms with Gasteiger partial charge in [-0.2, -0.15) is 0 Å². The SMILES string of the molecule is COCCN(CCO)C(=O)C1(C(=O)O)CCC1. The zero-order chi connectivity index (χ0) is 12.9. The Morgan fingerprint density at radius 3 is 2.35 bits per heavy atom. The fraction of sp³-hybridized carbons (Fsp3) is 0.818. The van der Waals surface area contributed by atoms with Gasteiger partial charge in [-0.1, -0.05) is 6.42 Å². The van der Waals surface area contributed by atoms with Crippen LogP contribution in [0.4, 0.5) is 0 Å². The summed E-state index contributed by atoms with van der Waals surface area (Å²) in [5.74, 6) is -1.46. The van der Waals surface area contributed by atoms with Gasteiger partial charge in [0.25, 0.3) is 0 Å². The van der Waals surface area contributed by atoms with Gasteiger partial charge in [-0.25, -0.2) is 0 Å². The maximum Gasteiger partial charge on any atom is 0.319 e. The van der Waals surface area contributed by atoms with Gasteiger partial charge in [0, 0.05) is 20.2 Å². The van der Waals surface area contributed by atoms with E-state index in [4.69, 9.17) is 14.9 Å². The standard InChI is InChI=1S/C11H19NO5/c1-17-8-6-12(5-7-13)9(14)11(10(15)16)3-2-4-11/h13H,2-8H2,1H3,(H,15,16). The van der Waals surface area contributed by atoms with Crippen LogP contribution in [0.1, 0.15) is 19.3 Å². The van der Waals surface area contributed by atoms with Gasteiger partial charge in [-0.05, 0) is 12.8 Å². The van der Waals surface area contributed by atoms with E-state index in [2.05, 4.69) is 0 Å². The summed E-state index contributed by atoms with van der Waals surface area (Å²) in [6.07, 6.45) is 1.53. The molecule has 1 aliphatic rings. The lowest BCUT2D eigenvalue weighted by atomic mass is 9.67. The average Bonchev–Trinajstić information content (AvgIpc) is 2.21. The molecule has 0 aromatic heterocycles. The fourth-order valence-electron chi connectivity index (χ4n) is 1.99. The van der Waals surface area contributed by atoms with Crippen molar-refractivity contribution in [2.24, 2.45) is 5.41 Å². The zero-order valence-electron chi connectivity index (χ0n) is 10.0. The molecular weight excluding hydrogens is 226 g/mol. The molecule has 0 atom stereocenters. The van der Waals surface area contributed by atoms with Crippen LogP contribution in [0.2, 0.25) is 0 Å². The van der Waals surface area contributed by atoms with Crippen molar-refractivity contribution in [3.05, 3.63) is 0 Å². The van der Waals surface area contributed by atoms with Gasteiger partial charge in [-0.3, -0.25) is 9.59 Å². The number of hydrogen-bond acceptors (Lipinski definition) is 4. The Labute approximate surface area is 100 Å². The number of rotatable bonds is 7. The molecule has 6 heteroatoms. The smallest absolute Gasteiger partial charge is 0.319 e. The largest absolute Gasteiger partial charge is 0.480 e. The van der Waals surface area contributed by atoms with E-state index in [-0.39, 0.29) is 13.2 Å². The molecule has 0 bridgehead atoms. The molecule has 1 fully saturated rings. The molecule has 0 aromatic rings. The lowest BCUT2D eigenvalue weighted by molar-refractivity contribution is -0.168. The minimum absolute atomic E-state index is 0.150. The molecule has 0 radical (unpaired) electrons. The first-order valence-corrected chi connectivity index (χ1v) is 5.71. The number of carbonyl (C=O) groups excluding carboxylic acids is 1. The molecule has 2 N–H and O–H groups in total. The number of aliphatic carboxylic acids is 1. The molecule has 0 spiro atoms. The first-order valence-electron chi connectivity index (χ1n) is 5.71. The number of methoxy groups -OCH3 is 1. The summed E-state index contributed by atoms with van der Waals surface area (Å²) in [5.41, 5.74) is -1.26. The van der Waals surface area contributed by atoms with Crippen molar-refractivity contribution in [3.8, 4) is 0 Å². The summed E-state index contributed by atoms with van der Waals surface area (Å²) in [4.78, 5) is 24.7. The summed E-state index contributed by atoms with van der Waals surface area (Å²) in [7, 11) is 1.51. The Kier molecular flexibility index (Phi) is 4.89. The van der Waals surface area contributed by atoms with Gasteiger partial charge in [0.15, 0.2) is 0 Å². The molecule has 1 saturated carbocycles. The highest BCUT2D eigenvalue weighted by atomic mass is 16.5. The monoisotopic (exact) mass is 245 g/mol. The van der Waals surface area contributed by atoms with E-state index in [0.717, 1.165) is 6.42 Å². The number of aliphatic hydroxyl groups excluding tert-OH is 1. The van der Waals surface area contributed by atoms with Gasteiger partial charge >= 0.3 is 5.97 Å². The van der Waals surface area contributed by atoms with E-state index in [0.29, 0.717) is 26.0 Å². The highest BCUT2D eigenvalue weighted by Crippen LogP contribution is 2.42. The molecular formula is C11H19NO5. The van der Waals surface area contributed by atoms with Gasteiger partial charge < -0.3 is 19.8 Å². The second-order valence-corrected chi connectivity index (χ2v) is 4.25. The average molecular weight is 245 g/mol. The molecule has 17 heavy (non-hydrogen) atoms. The minimum atomic E-state index is -1.26. The highest BCUT2D eigenvalue weighted by molar-refractivity contribution is 6.02. The maximum atomic E-state index is 12.2. The molecule has 0 heterocycles. The van der Waals surface area contributed by atoms with Gasteiger partial charge in [0.2, 0.25) is 5.91 Å². The lowest BCUT2D eigenvalue weighted by Gasteiger charge is -2.39. The minimum Gasteiger partial charge on any atom is -0.480 e. The van der Waals surface area contributed by atoms with Gasteiger partial charge in [-0.15, -0.1) is 0 Å². The van der Waals surface area contributed by atoms with Crippen LogP contribution in [0.15, 0.2) is 0 Å². The molecule has 0 aliphatic heterocycles. The van der Waals surface area contributed by atoms with E-state index in [1.165, 1.54) is 12.0 Å². The van der Waals surface area contributed by atoms with Crippen LogP contribution < -0.4 is 0 Å². The molecule has 0 saturated heterocycles. The molecule has 1 aliphatic carbocycles.